The molecule has 0 fully saturated rings. The van der Waals surface area contributed by atoms with Gasteiger partial charge in [-0.05, 0) is 30.7 Å². The highest BCUT2D eigenvalue weighted by atomic mass is 16.4. The first-order valence-electron chi connectivity index (χ1n) is 5.13. The van der Waals surface area contributed by atoms with Crippen LogP contribution in [-0.4, -0.2) is 21.5 Å². The predicted octanol–water partition coefficient (Wildman–Crippen LogP) is 1.20. The van der Waals surface area contributed by atoms with Gasteiger partial charge >= 0.3 is 5.97 Å². The van der Waals surface area contributed by atoms with Crippen LogP contribution in [-0.2, 0) is 11.2 Å². The molecule has 2 rings (SSSR count). The van der Waals surface area contributed by atoms with Gasteiger partial charge in [0.15, 0.2) is 0 Å². The van der Waals surface area contributed by atoms with Crippen molar-refractivity contribution in [3.63, 3.8) is 0 Å². The minimum absolute atomic E-state index is 0.347. The van der Waals surface area contributed by atoms with Gasteiger partial charge in [0.05, 0.1) is 0 Å². The van der Waals surface area contributed by atoms with E-state index in [1.807, 2.05) is 41.8 Å². The molecule has 1 unspecified atom stereocenters. The molecule has 2 aromatic heterocycles. The maximum absolute atomic E-state index is 10.7. The summed E-state index contributed by atoms with van der Waals surface area (Å²) in [6.07, 6.45) is 2.27. The minimum Gasteiger partial charge on any atom is -0.480 e. The van der Waals surface area contributed by atoms with Crippen molar-refractivity contribution in [1.29, 1.82) is 0 Å². The summed E-state index contributed by atoms with van der Waals surface area (Å²) in [5.41, 5.74) is 8.65. The van der Waals surface area contributed by atoms with Gasteiger partial charge in [0.1, 0.15) is 6.04 Å². The second-order valence-electron chi connectivity index (χ2n) is 3.92. The quantitative estimate of drug-likeness (QED) is 0.813. The monoisotopic (exact) mass is 218 g/mol. The molecule has 0 aliphatic heterocycles. The van der Waals surface area contributed by atoms with Gasteiger partial charge in [0.2, 0.25) is 0 Å². The summed E-state index contributed by atoms with van der Waals surface area (Å²) in [5, 5.41) is 8.81. The topological polar surface area (TPSA) is 67.7 Å². The summed E-state index contributed by atoms with van der Waals surface area (Å²) >= 11 is 0. The summed E-state index contributed by atoms with van der Waals surface area (Å²) in [7, 11) is 0. The van der Waals surface area contributed by atoms with Crippen LogP contribution >= 0.6 is 0 Å². The normalized spacial score (nSPS) is 12.9. The number of hydrogen-bond acceptors (Lipinski definition) is 2. The van der Waals surface area contributed by atoms with E-state index >= 15 is 0 Å². The third kappa shape index (κ3) is 1.79. The lowest BCUT2D eigenvalue weighted by Gasteiger charge is -2.08. The van der Waals surface area contributed by atoms with Crippen LogP contribution in [0.4, 0.5) is 0 Å². The molecule has 0 aromatic carbocycles. The Balaban J connectivity index is 2.43. The molecule has 3 N–H and O–H groups in total. The third-order valence-electron chi connectivity index (χ3n) is 2.73. The van der Waals surface area contributed by atoms with Crippen LogP contribution in [0, 0.1) is 6.92 Å². The smallest absolute Gasteiger partial charge is 0.320 e. The highest BCUT2D eigenvalue weighted by molar-refractivity contribution is 5.73. The van der Waals surface area contributed by atoms with Crippen LogP contribution in [0.25, 0.3) is 5.52 Å². The van der Waals surface area contributed by atoms with E-state index in [-0.39, 0.29) is 0 Å². The molecule has 0 bridgehead atoms. The zero-order chi connectivity index (χ0) is 11.7. The molecule has 4 heteroatoms. The standard InChI is InChI=1S/C12H14N2O2/c1-8-6-9-4-2-3-5-14(9)11(8)7-10(13)12(15)16/h2-6,10H,7,13H2,1H3,(H,15,16). The number of nitrogens with two attached hydrogens (primary N) is 1. The van der Waals surface area contributed by atoms with E-state index in [0.717, 1.165) is 16.8 Å². The Morgan fingerprint density at radius 3 is 3.00 bits per heavy atom. The molecular weight excluding hydrogens is 204 g/mol. The fraction of sp³-hybridized carbons (Fsp3) is 0.250. The molecule has 2 aromatic rings. The van der Waals surface area contributed by atoms with E-state index in [4.69, 9.17) is 10.8 Å². The Labute approximate surface area is 93.3 Å². The van der Waals surface area contributed by atoms with Gasteiger partial charge < -0.3 is 15.2 Å². The zero-order valence-electron chi connectivity index (χ0n) is 9.05. The van der Waals surface area contributed by atoms with E-state index in [9.17, 15) is 4.79 Å². The number of aryl methyl sites for hydroxylation is 1. The Kier molecular flexibility index (Phi) is 2.66. The Morgan fingerprint density at radius 2 is 2.31 bits per heavy atom. The molecule has 0 saturated heterocycles. The lowest BCUT2D eigenvalue weighted by Crippen LogP contribution is -2.32. The number of carboxylic acids is 1. The molecule has 84 valence electrons. The Hall–Kier alpha value is -1.81. The van der Waals surface area contributed by atoms with Crippen molar-refractivity contribution in [1.82, 2.24) is 4.40 Å². The maximum Gasteiger partial charge on any atom is 0.320 e. The van der Waals surface area contributed by atoms with Gasteiger partial charge in [-0.2, -0.15) is 0 Å². The van der Waals surface area contributed by atoms with Gasteiger partial charge in [-0.15, -0.1) is 0 Å². The molecule has 0 aliphatic rings. The summed E-state index contributed by atoms with van der Waals surface area (Å²) in [6, 6.07) is 7.04. The lowest BCUT2D eigenvalue weighted by molar-refractivity contribution is -0.138. The van der Waals surface area contributed by atoms with Crippen LogP contribution < -0.4 is 5.73 Å². The summed E-state index contributed by atoms with van der Waals surface area (Å²) in [6.45, 7) is 1.97. The molecule has 16 heavy (non-hydrogen) atoms. The Bertz CT molecular complexity index is 531. The number of carboxylic acid groups (broad SMARTS) is 1. The van der Waals surface area contributed by atoms with Crippen molar-refractivity contribution in [2.24, 2.45) is 5.73 Å². The molecule has 0 amide bonds. The zero-order valence-corrected chi connectivity index (χ0v) is 9.05. The van der Waals surface area contributed by atoms with E-state index in [0.29, 0.717) is 6.42 Å². The molecular formula is C12H14N2O2. The van der Waals surface area contributed by atoms with Crippen molar-refractivity contribution < 1.29 is 9.90 Å². The minimum atomic E-state index is -0.967. The first-order valence-corrected chi connectivity index (χ1v) is 5.13. The van der Waals surface area contributed by atoms with Gasteiger partial charge in [0, 0.05) is 23.8 Å². The number of aliphatic carboxylic acids is 1. The average molecular weight is 218 g/mol. The second kappa shape index (κ2) is 3.98. The summed E-state index contributed by atoms with van der Waals surface area (Å²) in [4.78, 5) is 10.7. The first kappa shape index (κ1) is 10.7. The molecule has 0 saturated carbocycles. The summed E-state index contributed by atoms with van der Waals surface area (Å²) in [5.74, 6) is -0.967. The molecule has 1 atom stereocenters. The van der Waals surface area contributed by atoms with Crippen LogP contribution in [0.1, 0.15) is 11.3 Å². The predicted molar refractivity (Wildman–Crippen MR) is 61.4 cm³/mol. The van der Waals surface area contributed by atoms with E-state index < -0.39 is 12.0 Å². The number of pyridine rings is 1. The first-order chi connectivity index (χ1) is 7.59. The Morgan fingerprint density at radius 1 is 1.56 bits per heavy atom. The highest BCUT2D eigenvalue weighted by Gasteiger charge is 2.16. The molecule has 2 heterocycles. The van der Waals surface area contributed by atoms with Crippen LogP contribution in [0.2, 0.25) is 0 Å². The van der Waals surface area contributed by atoms with E-state index in [2.05, 4.69) is 0 Å². The van der Waals surface area contributed by atoms with Gasteiger partial charge in [-0.3, -0.25) is 4.79 Å². The fourth-order valence-electron chi connectivity index (χ4n) is 1.87. The van der Waals surface area contributed by atoms with Gasteiger partial charge in [-0.25, -0.2) is 0 Å². The van der Waals surface area contributed by atoms with Gasteiger partial charge in [-0.1, -0.05) is 6.07 Å². The largest absolute Gasteiger partial charge is 0.480 e. The number of hydrogen-bond donors (Lipinski definition) is 2. The van der Waals surface area contributed by atoms with Crippen molar-refractivity contribution in [2.75, 3.05) is 0 Å². The van der Waals surface area contributed by atoms with Crippen molar-refractivity contribution in [3.05, 3.63) is 41.7 Å². The fourth-order valence-corrected chi connectivity index (χ4v) is 1.87. The van der Waals surface area contributed by atoms with E-state index in [1.54, 1.807) is 0 Å². The van der Waals surface area contributed by atoms with Crippen LogP contribution in [0.15, 0.2) is 30.5 Å². The molecule has 0 aliphatic carbocycles. The average Bonchev–Trinajstić information content (AvgIpc) is 2.55. The third-order valence-corrected chi connectivity index (χ3v) is 2.73. The maximum atomic E-state index is 10.7. The lowest BCUT2D eigenvalue weighted by atomic mass is 10.1. The van der Waals surface area contributed by atoms with Crippen LogP contribution in [0.3, 0.4) is 0 Å². The van der Waals surface area contributed by atoms with E-state index in [1.165, 1.54) is 0 Å². The van der Waals surface area contributed by atoms with Gasteiger partial charge in [0.25, 0.3) is 0 Å². The number of fused-ring (bicyclic) bond motifs is 1. The number of rotatable bonds is 3. The highest BCUT2D eigenvalue weighted by Crippen LogP contribution is 2.16. The molecule has 0 radical (unpaired) electrons. The van der Waals surface area contributed by atoms with Crippen molar-refractivity contribution in [2.45, 2.75) is 19.4 Å². The van der Waals surface area contributed by atoms with Crippen molar-refractivity contribution >= 4 is 11.5 Å². The molecule has 0 spiro atoms. The second-order valence-corrected chi connectivity index (χ2v) is 3.92. The van der Waals surface area contributed by atoms with Crippen LogP contribution in [0.5, 0.6) is 0 Å². The SMILES string of the molecule is Cc1cc2ccccn2c1CC(N)C(=O)O. The summed E-state index contributed by atoms with van der Waals surface area (Å²) < 4.78 is 1.98. The molecule has 4 nitrogen and oxygen atoms in total. The van der Waals surface area contributed by atoms with Crippen molar-refractivity contribution in [3.8, 4) is 0 Å². The number of aromatic nitrogens is 1. The number of carbonyl (C=O) groups is 1. The number of nitrogens with zero attached hydrogens (tertiary/aromatic N) is 1.